The molecule has 4 aliphatic rings. The van der Waals surface area contributed by atoms with Crippen LogP contribution in [-0.2, 0) is 6.54 Å². The Morgan fingerprint density at radius 3 is 2.00 bits per heavy atom. The van der Waals surface area contributed by atoms with Crippen molar-refractivity contribution in [3.05, 3.63) is 102 Å². The molecule has 0 radical (unpaired) electrons. The minimum Gasteiger partial charge on any atom is -0.496 e. The monoisotopic (exact) mass is 438 g/mol. The van der Waals surface area contributed by atoms with Crippen molar-refractivity contribution < 1.29 is 4.74 Å². The molecule has 1 aliphatic carbocycles. The molecule has 3 nitrogen and oxygen atoms in total. The number of para-hydroxylation sites is 1. The Hall–Kier alpha value is -2.62. The van der Waals surface area contributed by atoms with Crippen LogP contribution >= 0.6 is 0 Å². The van der Waals surface area contributed by atoms with Crippen molar-refractivity contribution in [3.63, 3.8) is 0 Å². The minimum absolute atomic E-state index is 0.366. The SMILES string of the molecule is COc1ccccc1CN[C@H]1C2[C@@H]3CC[C@H]2CN(C3)[C@H]1C(c1ccccc1)c1ccccc1. The average molecular weight is 439 g/mol. The first-order chi connectivity index (χ1) is 16.3. The normalized spacial score (nSPS) is 30.0. The summed E-state index contributed by atoms with van der Waals surface area (Å²) < 4.78 is 5.66. The maximum absolute atomic E-state index is 5.66. The number of hydrogen-bond donors (Lipinski definition) is 1. The minimum atomic E-state index is 0.366. The first kappa shape index (κ1) is 20.9. The van der Waals surface area contributed by atoms with Gasteiger partial charge in [-0.2, -0.15) is 0 Å². The second kappa shape index (κ2) is 8.96. The third kappa shape index (κ3) is 3.78. The van der Waals surface area contributed by atoms with Gasteiger partial charge >= 0.3 is 0 Å². The van der Waals surface area contributed by atoms with E-state index in [1.165, 1.54) is 42.6 Å². The Morgan fingerprint density at radius 2 is 1.39 bits per heavy atom. The van der Waals surface area contributed by atoms with Crippen LogP contribution in [0.4, 0.5) is 0 Å². The van der Waals surface area contributed by atoms with Gasteiger partial charge in [-0.05, 0) is 47.8 Å². The zero-order valence-electron chi connectivity index (χ0n) is 19.4. The van der Waals surface area contributed by atoms with Gasteiger partial charge in [0.25, 0.3) is 0 Å². The molecule has 2 unspecified atom stereocenters. The van der Waals surface area contributed by atoms with Gasteiger partial charge in [0.2, 0.25) is 0 Å². The fourth-order valence-corrected chi connectivity index (χ4v) is 7.24. The van der Waals surface area contributed by atoms with Gasteiger partial charge in [-0.1, -0.05) is 78.9 Å². The lowest BCUT2D eigenvalue weighted by molar-refractivity contribution is -0.0461. The summed E-state index contributed by atoms with van der Waals surface area (Å²) in [7, 11) is 1.77. The van der Waals surface area contributed by atoms with Gasteiger partial charge in [-0.25, -0.2) is 0 Å². The zero-order valence-corrected chi connectivity index (χ0v) is 19.4. The Balaban J connectivity index is 1.39. The van der Waals surface area contributed by atoms with Crippen molar-refractivity contribution in [2.24, 2.45) is 17.8 Å². The molecule has 3 heterocycles. The standard InChI is InChI=1S/C30H34N2O/c1-33-26-15-9-8-14-23(26)18-31-29-27-24-16-17-25(27)20-32(19-24)30(29)28(21-10-4-2-5-11-21)22-12-6-3-7-13-22/h2-15,24-25,27-31H,16-20H2,1H3/t24-,25+,27?,29-,30-/m0/s1. The molecule has 33 heavy (non-hydrogen) atoms. The van der Waals surface area contributed by atoms with E-state index in [9.17, 15) is 0 Å². The molecule has 7 rings (SSSR count). The molecule has 4 fully saturated rings. The van der Waals surface area contributed by atoms with E-state index in [1.807, 2.05) is 0 Å². The molecule has 0 aromatic heterocycles. The number of rotatable bonds is 7. The van der Waals surface area contributed by atoms with Crippen LogP contribution < -0.4 is 10.1 Å². The highest BCUT2D eigenvalue weighted by molar-refractivity contribution is 5.37. The van der Waals surface area contributed by atoms with Crippen LogP contribution in [0.2, 0.25) is 0 Å². The molecule has 3 aliphatic heterocycles. The first-order valence-corrected chi connectivity index (χ1v) is 12.5. The summed E-state index contributed by atoms with van der Waals surface area (Å²) in [4.78, 5) is 2.84. The number of fused-ring (bicyclic) bond motifs is 1. The van der Waals surface area contributed by atoms with E-state index in [0.717, 1.165) is 30.0 Å². The number of methoxy groups -OCH3 is 1. The number of benzene rings is 3. The summed E-state index contributed by atoms with van der Waals surface area (Å²) in [6, 6.07) is 31.7. The van der Waals surface area contributed by atoms with Crippen LogP contribution in [0.25, 0.3) is 0 Å². The van der Waals surface area contributed by atoms with E-state index >= 15 is 0 Å². The van der Waals surface area contributed by atoms with Crippen molar-refractivity contribution in [2.45, 2.75) is 37.4 Å². The number of nitrogens with zero attached hydrogens (tertiary/aromatic N) is 1. The predicted octanol–water partition coefficient (Wildman–Crippen LogP) is 5.33. The summed E-state index contributed by atoms with van der Waals surface area (Å²) in [5.74, 6) is 3.79. The van der Waals surface area contributed by atoms with E-state index in [-0.39, 0.29) is 0 Å². The molecular formula is C30H34N2O. The average Bonchev–Trinajstić information content (AvgIpc) is 3.17. The van der Waals surface area contributed by atoms with Crippen LogP contribution in [0.3, 0.4) is 0 Å². The first-order valence-electron chi connectivity index (χ1n) is 12.5. The van der Waals surface area contributed by atoms with Crippen molar-refractivity contribution in [1.82, 2.24) is 10.2 Å². The van der Waals surface area contributed by atoms with Gasteiger partial charge in [-0.15, -0.1) is 0 Å². The highest BCUT2D eigenvalue weighted by Crippen LogP contribution is 2.52. The van der Waals surface area contributed by atoms with Crippen molar-refractivity contribution in [2.75, 3.05) is 20.2 Å². The number of hydrogen-bond acceptors (Lipinski definition) is 3. The molecule has 170 valence electrons. The fraction of sp³-hybridized carbons (Fsp3) is 0.400. The van der Waals surface area contributed by atoms with Crippen LogP contribution in [0.15, 0.2) is 84.9 Å². The molecule has 6 atom stereocenters. The van der Waals surface area contributed by atoms with E-state index in [4.69, 9.17) is 4.74 Å². The van der Waals surface area contributed by atoms with Crippen LogP contribution in [0.5, 0.6) is 5.75 Å². The van der Waals surface area contributed by atoms with Gasteiger partial charge in [0.05, 0.1) is 7.11 Å². The third-order valence-electron chi connectivity index (χ3n) is 8.52. The van der Waals surface area contributed by atoms with Crippen LogP contribution in [-0.4, -0.2) is 37.2 Å². The van der Waals surface area contributed by atoms with Crippen molar-refractivity contribution in [1.29, 1.82) is 0 Å². The smallest absolute Gasteiger partial charge is 0.123 e. The third-order valence-corrected chi connectivity index (χ3v) is 8.52. The second-order valence-corrected chi connectivity index (χ2v) is 10.1. The molecule has 3 aromatic rings. The fourth-order valence-electron chi connectivity index (χ4n) is 7.24. The number of nitrogens with one attached hydrogen (secondary N) is 1. The Labute approximate surface area is 197 Å². The number of ether oxygens (including phenoxy) is 1. The van der Waals surface area contributed by atoms with Crippen molar-refractivity contribution in [3.8, 4) is 5.75 Å². The van der Waals surface area contributed by atoms with Crippen LogP contribution in [0.1, 0.15) is 35.4 Å². The van der Waals surface area contributed by atoms with Gasteiger partial charge in [0.15, 0.2) is 0 Å². The summed E-state index contributed by atoms with van der Waals surface area (Å²) in [5, 5.41) is 4.09. The summed E-state index contributed by atoms with van der Waals surface area (Å²) in [6.07, 6.45) is 2.79. The van der Waals surface area contributed by atoms with Crippen LogP contribution in [0, 0.1) is 17.8 Å². The predicted molar refractivity (Wildman–Crippen MR) is 133 cm³/mol. The largest absolute Gasteiger partial charge is 0.496 e. The molecule has 3 heteroatoms. The zero-order chi connectivity index (χ0) is 22.2. The van der Waals surface area contributed by atoms with Gasteiger partial charge < -0.3 is 10.1 Å². The Bertz CT molecular complexity index is 1020. The molecule has 1 saturated carbocycles. The second-order valence-electron chi connectivity index (χ2n) is 10.1. The van der Waals surface area contributed by atoms with E-state index in [2.05, 4.69) is 95.1 Å². The summed E-state index contributed by atoms with van der Waals surface area (Å²) >= 11 is 0. The lowest BCUT2D eigenvalue weighted by Gasteiger charge is -2.57. The lowest BCUT2D eigenvalue weighted by Crippen LogP contribution is -2.68. The van der Waals surface area contributed by atoms with Gasteiger partial charge in [0, 0.05) is 43.2 Å². The summed E-state index contributed by atoms with van der Waals surface area (Å²) in [6.45, 7) is 3.37. The van der Waals surface area contributed by atoms with E-state index < -0.39 is 0 Å². The molecular weight excluding hydrogens is 404 g/mol. The maximum Gasteiger partial charge on any atom is 0.123 e. The molecule has 4 bridgehead atoms. The molecule has 0 amide bonds. The molecule has 1 N–H and O–H groups in total. The van der Waals surface area contributed by atoms with Gasteiger partial charge in [-0.3, -0.25) is 4.90 Å². The summed E-state index contributed by atoms with van der Waals surface area (Å²) in [5.41, 5.74) is 4.11. The Kier molecular flexibility index (Phi) is 5.69. The molecule has 3 saturated heterocycles. The van der Waals surface area contributed by atoms with E-state index in [1.54, 1.807) is 7.11 Å². The van der Waals surface area contributed by atoms with Gasteiger partial charge in [0.1, 0.15) is 5.75 Å². The highest BCUT2D eigenvalue weighted by atomic mass is 16.5. The van der Waals surface area contributed by atoms with Crippen molar-refractivity contribution >= 4 is 0 Å². The lowest BCUT2D eigenvalue weighted by atomic mass is 9.66. The molecule has 0 spiro atoms. The highest BCUT2D eigenvalue weighted by Gasteiger charge is 2.56. The number of piperidine rings is 3. The van der Waals surface area contributed by atoms with E-state index in [0.29, 0.717) is 18.0 Å². The topological polar surface area (TPSA) is 24.5 Å². The Morgan fingerprint density at radius 1 is 0.818 bits per heavy atom. The quantitative estimate of drug-likeness (QED) is 0.540. The molecule has 3 aromatic carbocycles. The maximum atomic E-state index is 5.66.